The number of aryl methyl sites for hydroxylation is 1. The van der Waals surface area contributed by atoms with Gasteiger partial charge in [0.05, 0.1) is 5.69 Å². The molecule has 1 aliphatic rings. The van der Waals surface area contributed by atoms with Crippen LogP contribution in [0.25, 0.3) is 22.0 Å². The van der Waals surface area contributed by atoms with Gasteiger partial charge in [-0.15, -0.1) is 0 Å². The van der Waals surface area contributed by atoms with Crippen molar-refractivity contribution in [3.63, 3.8) is 0 Å². The molecule has 0 aliphatic carbocycles. The van der Waals surface area contributed by atoms with Gasteiger partial charge >= 0.3 is 0 Å². The summed E-state index contributed by atoms with van der Waals surface area (Å²) < 4.78 is 10.9. The molecule has 2 aromatic carbocycles. The SMILES string of the molecule is Cc1cc2cc3c(cc2c(-c2ccc(O)cc2)n1)OCO3. The zero-order chi connectivity index (χ0) is 14.4. The minimum atomic E-state index is 0.244. The minimum Gasteiger partial charge on any atom is -0.508 e. The molecule has 0 radical (unpaired) electrons. The Labute approximate surface area is 121 Å². The molecule has 0 saturated heterocycles. The predicted octanol–water partition coefficient (Wildman–Crippen LogP) is 3.64. The third-order valence-corrected chi connectivity index (χ3v) is 3.59. The van der Waals surface area contributed by atoms with E-state index in [0.29, 0.717) is 0 Å². The average molecular weight is 279 g/mol. The molecular weight excluding hydrogens is 266 g/mol. The number of phenols is 1. The molecule has 0 atom stereocenters. The number of aromatic hydroxyl groups is 1. The first kappa shape index (κ1) is 12.0. The molecule has 0 saturated carbocycles. The van der Waals surface area contributed by atoms with Crippen LogP contribution in [0.15, 0.2) is 42.5 Å². The molecule has 1 aromatic heterocycles. The van der Waals surface area contributed by atoms with Crippen LogP contribution in [0, 0.1) is 6.92 Å². The first-order valence-electron chi connectivity index (χ1n) is 6.71. The van der Waals surface area contributed by atoms with Gasteiger partial charge in [-0.25, -0.2) is 0 Å². The van der Waals surface area contributed by atoms with Crippen LogP contribution in [0.2, 0.25) is 0 Å². The summed E-state index contributed by atoms with van der Waals surface area (Å²) in [4.78, 5) is 4.65. The van der Waals surface area contributed by atoms with Crippen LogP contribution in [0.3, 0.4) is 0 Å². The standard InChI is InChI=1S/C17H13NO3/c1-10-6-12-7-15-16(21-9-20-15)8-14(12)17(18-10)11-2-4-13(19)5-3-11/h2-8,19H,9H2,1H3. The van der Waals surface area contributed by atoms with Gasteiger partial charge in [-0.3, -0.25) is 4.98 Å². The third kappa shape index (κ3) is 1.96. The summed E-state index contributed by atoms with van der Waals surface area (Å²) in [6.07, 6.45) is 0. The highest BCUT2D eigenvalue weighted by molar-refractivity contribution is 5.97. The van der Waals surface area contributed by atoms with Crippen molar-refractivity contribution < 1.29 is 14.6 Å². The molecule has 1 N–H and O–H groups in total. The zero-order valence-corrected chi connectivity index (χ0v) is 11.5. The van der Waals surface area contributed by atoms with E-state index in [9.17, 15) is 5.11 Å². The number of benzene rings is 2. The lowest BCUT2D eigenvalue weighted by molar-refractivity contribution is 0.174. The second kappa shape index (κ2) is 4.38. The number of ether oxygens (including phenoxy) is 2. The predicted molar refractivity (Wildman–Crippen MR) is 79.7 cm³/mol. The van der Waals surface area contributed by atoms with Crippen molar-refractivity contribution in [2.24, 2.45) is 0 Å². The highest BCUT2D eigenvalue weighted by Gasteiger charge is 2.17. The molecule has 0 spiro atoms. The van der Waals surface area contributed by atoms with E-state index < -0.39 is 0 Å². The lowest BCUT2D eigenvalue weighted by atomic mass is 10.0. The molecule has 104 valence electrons. The van der Waals surface area contributed by atoms with Gasteiger partial charge in [-0.2, -0.15) is 0 Å². The molecule has 4 rings (SSSR count). The number of aromatic nitrogens is 1. The molecule has 0 unspecified atom stereocenters. The summed E-state index contributed by atoms with van der Waals surface area (Å²) in [5, 5.41) is 11.5. The van der Waals surface area contributed by atoms with Crippen LogP contribution < -0.4 is 9.47 Å². The third-order valence-electron chi connectivity index (χ3n) is 3.59. The Bertz CT molecular complexity index is 841. The average Bonchev–Trinajstić information content (AvgIpc) is 2.92. The Balaban J connectivity index is 2.01. The number of hydrogen-bond donors (Lipinski definition) is 1. The topological polar surface area (TPSA) is 51.6 Å². The van der Waals surface area contributed by atoms with Crippen LogP contribution in [0.5, 0.6) is 17.2 Å². The lowest BCUT2D eigenvalue weighted by Crippen LogP contribution is -1.92. The zero-order valence-electron chi connectivity index (χ0n) is 11.5. The van der Waals surface area contributed by atoms with Gasteiger partial charge in [0.15, 0.2) is 11.5 Å². The molecule has 1 aliphatic heterocycles. The Morgan fingerprint density at radius 3 is 2.48 bits per heavy atom. The van der Waals surface area contributed by atoms with E-state index in [2.05, 4.69) is 4.98 Å². The normalized spacial score (nSPS) is 12.8. The van der Waals surface area contributed by atoms with Crippen molar-refractivity contribution in [1.29, 1.82) is 0 Å². The van der Waals surface area contributed by atoms with Gasteiger partial charge in [-0.05, 0) is 54.8 Å². The van der Waals surface area contributed by atoms with E-state index >= 15 is 0 Å². The minimum absolute atomic E-state index is 0.244. The first-order valence-corrected chi connectivity index (χ1v) is 6.71. The largest absolute Gasteiger partial charge is 0.508 e. The summed E-state index contributed by atoms with van der Waals surface area (Å²) in [6.45, 7) is 2.22. The van der Waals surface area contributed by atoms with Crippen LogP contribution in [0.4, 0.5) is 0 Å². The summed E-state index contributed by atoms with van der Waals surface area (Å²) in [5.41, 5.74) is 2.77. The van der Waals surface area contributed by atoms with E-state index in [4.69, 9.17) is 9.47 Å². The van der Waals surface area contributed by atoms with Gasteiger partial charge < -0.3 is 14.6 Å². The second-order valence-corrected chi connectivity index (χ2v) is 5.09. The van der Waals surface area contributed by atoms with Gasteiger partial charge in [0.1, 0.15) is 5.75 Å². The van der Waals surface area contributed by atoms with Gasteiger partial charge in [0.25, 0.3) is 0 Å². The van der Waals surface area contributed by atoms with E-state index in [1.54, 1.807) is 12.1 Å². The fourth-order valence-electron chi connectivity index (χ4n) is 2.62. The summed E-state index contributed by atoms with van der Waals surface area (Å²) >= 11 is 0. The van der Waals surface area contributed by atoms with E-state index in [1.165, 1.54) is 0 Å². The maximum Gasteiger partial charge on any atom is 0.231 e. The van der Waals surface area contributed by atoms with E-state index in [-0.39, 0.29) is 12.5 Å². The quantitative estimate of drug-likeness (QED) is 0.738. The maximum absolute atomic E-state index is 9.44. The Kier molecular flexibility index (Phi) is 2.51. The molecule has 2 heterocycles. The van der Waals surface area contributed by atoms with Crippen LogP contribution in [-0.4, -0.2) is 16.9 Å². The van der Waals surface area contributed by atoms with Crippen molar-refractivity contribution in [3.8, 4) is 28.5 Å². The monoisotopic (exact) mass is 279 g/mol. The van der Waals surface area contributed by atoms with Gasteiger partial charge in [0.2, 0.25) is 6.79 Å². The van der Waals surface area contributed by atoms with Crippen LogP contribution in [-0.2, 0) is 0 Å². The summed E-state index contributed by atoms with van der Waals surface area (Å²) in [6, 6.07) is 13.0. The number of pyridine rings is 1. The molecule has 0 fully saturated rings. The molecule has 4 nitrogen and oxygen atoms in total. The van der Waals surface area contributed by atoms with Crippen molar-refractivity contribution >= 4 is 10.8 Å². The number of fused-ring (bicyclic) bond motifs is 2. The number of phenolic OH excluding ortho intramolecular Hbond substituents is 1. The molecule has 3 aromatic rings. The Hall–Kier alpha value is -2.75. The van der Waals surface area contributed by atoms with Crippen molar-refractivity contribution in [1.82, 2.24) is 4.98 Å². The van der Waals surface area contributed by atoms with Gasteiger partial charge in [0, 0.05) is 16.6 Å². The van der Waals surface area contributed by atoms with Crippen molar-refractivity contribution in [2.75, 3.05) is 6.79 Å². The van der Waals surface area contributed by atoms with Crippen molar-refractivity contribution in [3.05, 3.63) is 48.2 Å². The molecule has 21 heavy (non-hydrogen) atoms. The highest BCUT2D eigenvalue weighted by Crippen LogP contribution is 2.39. The maximum atomic E-state index is 9.44. The van der Waals surface area contributed by atoms with Crippen LogP contribution >= 0.6 is 0 Å². The molecule has 4 heteroatoms. The Morgan fingerprint density at radius 1 is 1.00 bits per heavy atom. The molecule has 0 amide bonds. The Morgan fingerprint density at radius 2 is 1.71 bits per heavy atom. The summed E-state index contributed by atoms with van der Waals surface area (Å²) in [5.74, 6) is 1.76. The number of nitrogens with zero attached hydrogens (tertiary/aromatic N) is 1. The second-order valence-electron chi connectivity index (χ2n) is 5.09. The first-order chi connectivity index (χ1) is 10.2. The van der Waals surface area contributed by atoms with Gasteiger partial charge in [-0.1, -0.05) is 0 Å². The smallest absolute Gasteiger partial charge is 0.231 e. The fraction of sp³-hybridized carbons (Fsp3) is 0.118. The molecule has 0 bridgehead atoms. The molecular formula is C17H13NO3. The summed E-state index contributed by atoms with van der Waals surface area (Å²) in [7, 11) is 0. The number of rotatable bonds is 1. The van der Waals surface area contributed by atoms with E-state index in [1.807, 2.05) is 37.3 Å². The highest BCUT2D eigenvalue weighted by atomic mass is 16.7. The fourth-order valence-corrected chi connectivity index (χ4v) is 2.62. The lowest BCUT2D eigenvalue weighted by Gasteiger charge is -2.09. The number of hydrogen-bond acceptors (Lipinski definition) is 4. The van der Waals surface area contributed by atoms with E-state index in [0.717, 1.165) is 39.2 Å². The van der Waals surface area contributed by atoms with Crippen LogP contribution in [0.1, 0.15) is 5.69 Å². The van der Waals surface area contributed by atoms with Crippen molar-refractivity contribution in [2.45, 2.75) is 6.92 Å².